The Morgan fingerprint density at radius 2 is 0.490 bits per heavy atom. The highest BCUT2D eigenvalue weighted by atomic mass is 28.4. The molecule has 0 spiro atoms. The van der Waals surface area contributed by atoms with Crippen LogP contribution in [-0.4, -0.2) is 47.3 Å². The maximum absolute atomic E-state index is 14.5. The lowest BCUT2D eigenvalue weighted by atomic mass is 9.81. The Labute approximate surface area is 586 Å². The van der Waals surface area contributed by atoms with E-state index in [1.54, 1.807) is 97.1 Å². The molecule has 0 bridgehead atoms. The summed E-state index contributed by atoms with van der Waals surface area (Å²) < 4.78 is 69.7. The molecule has 6 N–H and O–H groups in total. The van der Waals surface area contributed by atoms with E-state index in [4.69, 9.17) is 8.85 Å². The van der Waals surface area contributed by atoms with Gasteiger partial charge in [0.25, 0.3) is 0 Å². The summed E-state index contributed by atoms with van der Waals surface area (Å²) in [5.74, 6) is -1.21. The minimum absolute atomic E-state index is 0.110. The van der Waals surface area contributed by atoms with Crippen molar-refractivity contribution in [3.8, 4) is 44.5 Å². The van der Waals surface area contributed by atoms with E-state index in [-0.39, 0.29) is 68.2 Å². The lowest BCUT2D eigenvalue weighted by Gasteiger charge is -2.36. The van der Waals surface area contributed by atoms with Crippen LogP contribution in [0.1, 0.15) is 194 Å². The first-order valence-corrected chi connectivity index (χ1v) is 39.7. The monoisotopic (exact) mass is 1380 g/mol. The van der Waals surface area contributed by atoms with Crippen LogP contribution < -0.4 is 0 Å². The maximum atomic E-state index is 14.5. The third-order valence-electron chi connectivity index (χ3n) is 18.8. The van der Waals surface area contributed by atoms with Gasteiger partial charge in [0, 0.05) is 22.3 Å². The minimum Gasteiger partial charge on any atom is -0.413 e. The van der Waals surface area contributed by atoms with Gasteiger partial charge in [-0.25, -0.2) is 17.6 Å². The first kappa shape index (κ1) is 82.3. The Kier molecular flexibility index (Phi) is 28.0. The van der Waals surface area contributed by atoms with E-state index in [2.05, 4.69) is 67.7 Å². The molecular formula is C84H112F4O8Si2. The minimum atomic E-state index is -1.88. The molecule has 0 aromatic heterocycles. The van der Waals surface area contributed by atoms with Gasteiger partial charge in [-0.05, 0) is 149 Å². The SMILES string of the molecule is CC(C)(C)[C@@H](O)c1cc(CO)ccc1-c1ccccc1F.CC(C)(C)[C@@H](O)c1cc(CO[Si](C)(C)C(C)(C)C)ccc1-c1ccccc1F.CC(C)(C)[C@H](O)c1cc(CO)ccc1-c1ccccc1F.CC(C)(C)[C@H](O)c1cc(CO[Si](C)(C)C(C)(C)C)ccc1-c1ccccc1F. The summed E-state index contributed by atoms with van der Waals surface area (Å²) in [7, 11) is -3.76. The molecule has 0 fully saturated rings. The molecule has 0 aliphatic heterocycles. The molecule has 0 saturated heterocycles. The fraction of sp³-hybridized carbons (Fsp3) is 0.429. The number of halogens is 4. The average molecular weight is 1380 g/mol. The number of hydrogen-bond donors (Lipinski definition) is 6. The molecule has 4 atom stereocenters. The van der Waals surface area contributed by atoms with Gasteiger partial charge in [-0.15, -0.1) is 0 Å². The Morgan fingerprint density at radius 1 is 0.296 bits per heavy atom. The fourth-order valence-electron chi connectivity index (χ4n) is 10.3. The summed E-state index contributed by atoms with van der Waals surface area (Å²) in [6.07, 6.45) is -2.93. The van der Waals surface area contributed by atoms with E-state index in [1.807, 2.05) is 132 Å². The number of rotatable bonds is 16. The van der Waals surface area contributed by atoms with Crippen molar-refractivity contribution in [1.29, 1.82) is 0 Å². The van der Waals surface area contributed by atoms with E-state index in [0.29, 0.717) is 68.8 Å². The highest BCUT2D eigenvalue weighted by molar-refractivity contribution is 6.74. The topological polar surface area (TPSA) is 140 Å². The van der Waals surface area contributed by atoms with Gasteiger partial charge < -0.3 is 39.5 Å². The summed E-state index contributed by atoms with van der Waals surface area (Å²) in [4.78, 5) is 0. The largest absolute Gasteiger partial charge is 0.413 e. The Balaban J connectivity index is 0.000000238. The van der Waals surface area contributed by atoms with Gasteiger partial charge in [0.1, 0.15) is 23.3 Å². The highest BCUT2D eigenvalue weighted by Crippen LogP contribution is 2.45. The average Bonchev–Trinajstić information content (AvgIpc) is 0.805. The van der Waals surface area contributed by atoms with Crippen LogP contribution in [0.15, 0.2) is 170 Å². The first-order chi connectivity index (χ1) is 45.2. The van der Waals surface area contributed by atoms with E-state index in [1.165, 1.54) is 24.3 Å². The standard InChI is InChI=1S/2C24H35FO2Si.2C18H21FO2/c2*1-23(2,3)22(26)20-15-17(16-27-28(7,8)24(4,5)6)13-14-18(20)19-11-9-10-12-21(19)25;2*1-18(2,3)17(21)15-10-12(11-20)8-9-13(15)14-6-4-5-7-16(14)19/h2*9-15,22,26H,16H2,1-8H3;2*4-10,17,20-21H,11H2,1-3H3/t2*22-;2*17-/m1010/s1. The number of benzene rings is 8. The van der Waals surface area contributed by atoms with E-state index < -0.39 is 41.1 Å². The van der Waals surface area contributed by atoms with Crippen LogP contribution in [-0.2, 0) is 35.3 Å². The second-order valence-electron chi connectivity index (χ2n) is 33.1. The van der Waals surface area contributed by atoms with E-state index in [9.17, 15) is 48.2 Å². The molecule has 8 rings (SSSR count). The summed E-state index contributed by atoms with van der Waals surface area (Å²) >= 11 is 0. The number of aliphatic hydroxyl groups excluding tert-OH is 6. The molecule has 0 saturated carbocycles. The van der Waals surface area contributed by atoms with E-state index in [0.717, 1.165) is 33.4 Å². The van der Waals surface area contributed by atoms with Crippen molar-refractivity contribution in [1.82, 2.24) is 0 Å². The fourth-order valence-corrected chi connectivity index (χ4v) is 12.2. The van der Waals surface area contributed by atoms with Crippen molar-refractivity contribution in [3.05, 3.63) is 238 Å². The number of aliphatic hydroxyl groups is 6. The van der Waals surface area contributed by atoms with Gasteiger partial charge in [-0.1, -0.05) is 270 Å². The third-order valence-corrected chi connectivity index (χ3v) is 27.7. The van der Waals surface area contributed by atoms with Gasteiger partial charge in [0.05, 0.1) is 50.8 Å². The van der Waals surface area contributed by atoms with Crippen LogP contribution in [0.2, 0.25) is 36.3 Å². The summed E-state index contributed by atoms with van der Waals surface area (Å²) in [5.41, 5.74) is 9.42. The third kappa shape index (κ3) is 21.8. The predicted octanol–water partition coefficient (Wildman–Crippen LogP) is 22.3. The van der Waals surface area contributed by atoms with E-state index >= 15 is 0 Å². The highest BCUT2D eigenvalue weighted by Gasteiger charge is 2.39. The zero-order chi connectivity index (χ0) is 73.9. The lowest BCUT2D eigenvalue weighted by molar-refractivity contribution is 0.0629. The van der Waals surface area contributed by atoms with Crippen molar-refractivity contribution < 1.29 is 57.1 Å². The van der Waals surface area contributed by atoms with Crippen molar-refractivity contribution in [2.75, 3.05) is 0 Å². The molecular weight excluding hydrogens is 1270 g/mol. The molecule has 0 radical (unpaired) electrons. The molecule has 8 aromatic carbocycles. The van der Waals surface area contributed by atoms with Crippen molar-refractivity contribution >= 4 is 16.6 Å². The van der Waals surface area contributed by atoms with Gasteiger partial charge in [-0.3, -0.25) is 0 Å². The van der Waals surface area contributed by atoms with Crippen LogP contribution in [0.25, 0.3) is 44.5 Å². The van der Waals surface area contributed by atoms with Crippen LogP contribution in [0.4, 0.5) is 17.6 Å². The molecule has 0 heterocycles. The molecule has 0 aliphatic rings. The molecule has 8 aromatic rings. The maximum Gasteiger partial charge on any atom is 0.192 e. The van der Waals surface area contributed by atoms with Crippen LogP contribution in [0.5, 0.6) is 0 Å². The van der Waals surface area contributed by atoms with Gasteiger partial charge in [0.15, 0.2) is 16.6 Å². The van der Waals surface area contributed by atoms with Crippen LogP contribution >= 0.6 is 0 Å². The molecule has 0 unspecified atom stereocenters. The number of hydrogen-bond acceptors (Lipinski definition) is 8. The smallest absolute Gasteiger partial charge is 0.192 e. The Morgan fingerprint density at radius 3 is 0.673 bits per heavy atom. The summed E-state index contributed by atoms with van der Waals surface area (Å²) in [6.45, 7) is 46.5. The normalized spacial score (nSPS) is 13.8. The summed E-state index contributed by atoms with van der Waals surface area (Å²) in [5, 5.41) is 62.1. The van der Waals surface area contributed by atoms with Crippen molar-refractivity contribution in [2.24, 2.45) is 21.7 Å². The Bertz CT molecular complexity index is 3640. The van der Waals surface area contributed by atoms with Gasteiger partial charge in [0.2, 0.25) is 0 Å². The van der Waals surface area contributed by atoms with Crippen molar-refractivity contribution in [2.45, 2.75) is 212 Å². The molecule has 98 heavy (non-hydrogen) atoms. The molecule has 0 amide bonds. The van der Waals surface area contributed by atoms with Crippen LogP contribution in [0.3, 0.4) is 0 Å². The quantitative estimate of drug-likeness (QED) is 0.0415. The summed E-state index contributed by atoms with van der Waals surface area (Å²) in [6, 6.07) is 48.7. The predicted molar refractivity (Wildman–Crippen MR) is 401 cm³/mol. The van der Waals surface area contributed by atoms with Crippen molar-refractivity contribution in [3.63, 3.8) is 0 Å². The molecule has 0 aliphatic carbocycles. The second-order valence-corrected chi connectivity index (χ2v) is 42.7. The lowest BCUT2D eigenvalue weighted by Crippen LogP contribution is -2.40. The van der Waals surface area contributed by atoms with Crippen LogP contribution in [0, 0.1) is 44.9 Å². The second kappa shape index (κ2) is 33.4. The first-order valence-electron chi connectivity index (χ1n) is 33.9. The van der Waals surface area contributed by atoms with Gasteiger partial charge in [-0.2, -0.15) is 0 Å². The molecule has 14 heteroatoms. The molecule has 8 nitrogen and oxygen atoms in total. The zero-order valence-electron chi connectivity index (χ0n) is 62.3. The Hall–Kier alpha value is -6.41. The van der Waals surface area contributed by atoms with Gasteiger partial charge >= 0.3 is 0 Å². The molecule has 532 valence electrons. The zero-order valence-corrected chi connectivity index (χ0v) is 64.3.